The van der Waals surface area contributed by atoms with Crippen LogP contribution >= 0.6 is 21.6 Å². The molecule has 0 aliphatic rings. The van der Waals surface area contributed by atoms with Gasteiger partial charge in [0.1, 0.15) is 0 Å². The Hall–Kier alpha value is -2.68. The number of alkyl halides is 3. The first-order valence-electron chi connectivity index (χ1n) is 8.34. The number of nitro benzene ring substituents is 1. The summed E-state index contributed by atoms with van der Waals surface area (Å²) in [5.41, 5.74) is -0.132. The van der Waals surface area contributed by atoms with E-state index in [0.717, 1.165) is 0 Å². The van der Waals surface area contributed by atoms with Crippen molar-refractivity contribution >= 4 is 45.1 Å². The quantitative estimate of drug-likeness (QED) is 0.173. The van der Waals surface area contributed by atoms with Crippen LogP contribution in [0.4, 0.5) is 18.9 Å². The second-order valence-corrected chi connectivity index (χ2v) is 7.97. The molecule has 0 heterocycles. The SMILES string of the molecule is O=C(O)C(F)(F)F.O=C(O)CCSSCCNC(=O)CCOc1ccccc1[N+](=O)[O-]. The molecule has 0 atom stereocenters. The van der Waals surface area contributed by atoms with E-state index < -0.39 is 23.0 Å². The Morgan fingerprint density at radius 2 is 1.68 bits per heavy atom. The maximum atomic E-state index is 11.6. The van der Waals surface area contributed by atoms with Gasteiger partial charge in [-0.1, -0.05) is 33.7 Å². The largest absolute Gasteiger partial charge is 0.490 e. The number of rotatable bonds is 12. The number of carbonyl (C=O) groups is 3. The fraction of sp³-hybridized carbons (Fsp3) is 0.438. The molecule has 0 unspecified atom stereocenters. The Kier molecular flexibility index (Phi) is 13.9. The molecule has 0 fully saturated rings. The summed E-state index contributed by atoms with van der Waals surface area (Å²) in [7, 11) is 2.94. The summed E-state index contributed by atoms with van der Waals surface area (Å²) >= 11 is 0. The van der Waals surface area contributed by atoms with E-state index in [0.29, 0.717) is 18.1 Å². The van der Waals surface area contributed by atoms with Gasteiger partial charge in [-0.05, 0) is 6.07 Å². The fourth-order valence-corrected chi connectivity index (χ4v) is 3.44. The molecule has 0 aliphatic carbocycles. The third kappa shape index (κ3) is 14.9. The van der Waals surface area contributed by atoms with Gasteiger partial charge in [0.2, 0.25) is 5.91 Å². The fourth-order valence-electron chi connectivity index (χ4n) is 1.55. The molecule has 174 valence electrons. The lowest BCUT2D eigenvalue weighted by molar-refractivity contribution is -0.385. The molecule has 1 aromatic rings. The second kappa shape index (κ2) is 15.2. The van der Waals surface area contributed by atoms with E-state index in [1.807, 2.05) is 0 Å². The van der Waals surface area contributed by atoms with Crippen LogP contribution in [0, 0.1) is 10.1 Å². The summed E-state index contributed by atoms with van der Waals surface area (Å²) in [6.45, 7) is 0.520. The summed E-state index contributed by atoms with van der Waals surface area (Å²) in [5, 5.41) is 29.1. The minimum Gasteiger partial charge on any atom is -0.486 e. The number of nitrogens with zero attached hydrogens (tertiary/aromatic N) is 1. The van der Waals surface area contributed by atoms with Gasteiger partial charge in [0, 0.05) is 24.1 Å². The number of nitro groups is 1. The van der Waals surface area contributed by atoms with Crippen LogP contribution in [0.3, 0.4) is 0 Å². The minimum atomic E-state index is -5.08. The van der Waals surface area contributed by atoms with Crippen molar-refractivity contribution in [3.05, 3.63) is 34.4 Å². The number of para-hydroxylation sites is 2. The third-order valence-corrected chi connectivity index (χ3v) is 5.29. The number of hydrogen-bond donors (Lipinski definition) is 3. The van der Waals surface area contributed by atoms with Crippen molar-refractivity contribution in [2.24, 2.45) is 0 Å². The van der Waals surface area contributed by atoms with Gasteiger partial charge < -0.3 is 20.3 Å². The first-order chi connectivity index (χ1) is 14.4. The normalized spacial score (nSPS) is 10.4. The standard InChI is InChI=1S/C14H18N2O6S2.C2HF3O2/c17-13(15-7-10-24-23-9-6-14(18)19)5-8-22-12-4-2-1-3-11(12)16(20)21;3-2(4,5)1(6)7/h1-4H,5-10H2,(H,15,17)(H,18,19);(H,6,7). The van der Waals surface area contributed by atoms with Crippen LogP contribution in [-0.4, -0.2) is 63.8 Å². The van der Waals surface area contributed by atoms with Crippen LogP contribution in [0.1, 0.15) is 12.8 Å². The smallest absolute Gasteiger partial charge is 0.486 e. The number of benzene rings is 1. The zero-order valence-corrected chi connectivity index (χ0v) is 17.4. The van der Waals surface area contributed by atoms with Gasteiger partial charge in [-0.15, -0.1) is 0 Å². The number of carbonyl (C=O) groups excluding carboxylic acids is 1. The molecule has 0 saturated heterocycles. The maximum absolute atomic E-state index is 11.6. The molecule has 15 heteroatoms. The van der Waals surface area contributed by atoms with Crippen molar-refractivity contribution in [3.63, 3.8) is 0 Å². The zero-order valence-electron chi connectivity index (χ0n) is 15.8. The highest BCUT2D eigenvalue weighted by atomic mass is 33.1. The molecule has 1 aromatic carbocycles. The van der Waals surface area contributed by atoms with Crippen molar-refractivity contribution in [1.82, 2.24) is 5.32 Å². The van der Waals surface area contributed by atoms with E-state index >= 15 is 0 Å². The van der Waals surface area contributed by atoms with Crippen molar-refractivity contribution < 1.29 is 47.4 Å². The number of hydrogen-bond acceptors (Lipinski definition) is 8. The third-order valence-electron chi connectivity index (χ3n) is 2.88. The Bertz CT molecular complexity index is 750. The number of carboxylic acids is 2. The van der Waals surface area contributed by atoms with Crippen molar-refractivity contribution in [2.75, 3.05) is 24.7 Å². The average molecular weight is 488 g/mol. The number of carboxylic acid groups (broad SMARTS) is 2. The predicted octanol–water partition coefficient (Wildman–Crippen LogP) is 2.97. The van der Waals surface area contributed by atoms with E-state index in [4.69, 9.17) is 19.7 Å². The molecular formula is C16H19F3N2O8S2. The van der Waals surface area contributed by atoms with Crippen molar-refractivity contribution in [1.29, 1.82) is 0 Å². The lowest BCUT2D eigenvalue weighted by Gasteiger charge is -2.07. The number of aliphatic carboxylic acids is 2. The molecule has 10 nitrogen and oxygen atoms in total. The summed E-state index contributed by atoms with van der Waals surface area (Å²) in [6.07, 6.45) is -4.87. The van der Waals surface area contributed by atoms with Gasteiger partial charge in [-0.25, -0.2) is 4.79 Å². The van der Waals surface area contributed by atoms with Gasteiger partial charge in [-0.3, -0.25) is 19.7 Å². The number of amides is 1. The van der Waals surface area contributed by atoms with Gasteiger partial charge in [0.25, 0.3) is 0 Å². The monoisotopic (exact) mass is 488 g/mol. The highest BCUT2D eigenvalue weighted by Gasteiger charge is 2.38. The highest BCUT2D eigenvalue weighted by molar-refractivity contribution is 8.76. The number of nitrogens with one attached hydrogen (secondary N) is 1. The Balaban J connectivity index is 0.00000110. The molecule has 31 heavy (non-hydrogen) atoms. The van der Waals surface area contributed by atoms with Gasteiger partial charge in [0.05, 0.1) is 24.4 Å². The summed E-state index contributed by atoms with van der Waals surface area (Å²) in [5.74, 6) is -2.45. The van der Waals surface area contributed by atoms with E-state index in [9.17, 15) is 32.9 Å². The number of ether oxygens (including phenoxy) is 1. The summed E-state index contributed by atoms with van der Waals surface area (Å²) < 4.78 is 37.0. The molecule has 1 amide bonds. The molecular weight excluding hydrogens is 469 g/mol. The molecule has 0 bridgehead atoms. The Labute approximate surface area is 182 Å². The summed E-state index contributed by atoms with van der Waals surface area (Å²) in [6, 6.07) is 6.00. The second-order valence-electron chi connectivity index (χ2n) is 5.26. The summed E-state index contributed by atoms with van der Waals surface area (Å²) in [4.78, 5) is 41.1. The van der Waals surface area contributed by atoms with Gasteiger partial charge >= 0.3 is 23.8 Å². The molecule has 0 radical (unpaired) electrons. The van der Waals surface area contributed by atoms with Gasteiger partial charge in [-0.2, -0.15) is 13.2 Å². The van der Waals surface area contributed by atoms with E-state index in [2.05, 4.69) is 5.32 Å². The predicted molar refractivity (Wildman–Crippen MR) is 107 cm³/mol. The molecule has 0 spiro atoms. The van der Waals surface area contributed by atoms with Crippen molar-refractivity contribution in [2.45, 2.75) is 19.0 Å². The molecule has 3 N–H and O–H groups in total. The first-order valence-corrected chi connectivity index (χ1v) is 10.8. The Morgan fingerprint density at radius 3 is 2.23 bits per heavy atom. The van der Waals surface area contributed by atoms with Crippen LogP contribution in [0.2, 0.25) is 0 Å². The average Bonchev–Trinajstić information content (AvgIpc) is 2.67. The first kappa shape index (κ1) is 28.3. The van der Waals surface area contributed by atoms with Gasteiger partial charge in [0.15, 0.2) is 5.75 Å². The van der Waals surface area contributed by atoms with Crippen LogP contribution in [0.15, 0.2) is 24.3 Å². The zero-order chi connectivity index (χ0) is 23.9. The molecule has 1 rings (SSSR count). The van der Waals surface area contributed by atoms with Crippen LogP contribution < -0.4 is 10.1 Å². The minimum absolute atomic E-state index is 0.0528. The van der Waals surface area contributed by atoms with Crippen LogP contribution in [-0.2, 0) is 14.4 Å². The van der Waals surface area contributed by atoms with Crippen LogP contribution in [0.25, 0.3) is 0 Å². The highest BCUT2D eigenvalue weighted by Crippen LogP contribution is 2.25. The van der Waals surface area contributed by atoms with Crippen molar-refractivity contribution in [3.8, 4) is 5.75 Å². The van der Waals surface area contributed by atoms with E-state index in [1.54, 1.807) is 12.1 Å². The molecule has 0 saturated carbocycles. The Morgan fingerprint density at radius 1 is 1.10 bits per heavy atom. The number of halogens is 3. The topological polar surface area (TPSA) is 156 Å². The van der Waals surface area contributed by atoms with E-state index in [-0.39, 0.29) is 36.8 Å². The molecule has 0 aliphatic heterocycles. The van der Waals surface area contributed by atoms with E-state index in [1.165, 1.54) is 33.7 Å². The lowest BCUT2D eigenvalue weighted by Crippen LogP contribution is -2.27. The maximum Gasteiger partial charge on any atom is 0.490 e. The lowest BCUT2D eigenvalue weighted by atomic mass is 10.3. The van der Waals surface area contributed by atoms with Crippen LogP contribution in [0.5, 0.6) is 5.75 Å². The molecule has 0 aromatic heterocycles.